The predicted molar refractivity (Wildman–Crippen MR) is 102 cm³/mol. The van der Waals surface area contributed by atoms with Crippen LogP contribution < -0.4 is 16.4 Å². The summed E-state index contributed by atoms with van der Waals surface area (Å²) in [6.45, 7) is 0. The molecule has 0 radical (unpaired) electrons. The van der Waals surface area contributed by atoms with Crippen LogP contribution in [0.25, 0.3) is 0 Å². The molecule has 1 aliphatic carbocycles. The molecule has 0 atom stereocenters. The average molecular weight is 357 g/mol. The van der Waals surface area contributed by atoms with Gasteiger partial charge in [0.1, 0.15) is 0 Å². The van der Waals surface area contributed by atoms with Gasteiger partial charge in [0, 0.05) is 6.04 Å². The molecule has 2 aromatic rings. The fourth-order valence-electron chi connectivity index (χ4n) is 3.06. The Bertz CT molecular complexity index is 749. The van der Waals surface area contributed by atoms with Gasteiger partial charge in [-0.3, -0.25) is 9.59 Å². The van der Waals surface area contributed by atoms with Gasteiger partial charge in [-0.25, -0.2) is 0 Å². The van der Waals surface area contributed by atoms with Crippen molar-refractivity contribution in [3.8, 4) is 0 Å². The Hall–Kier alpha value is -2.34. The smallest absolute Gasteiger partial charge is 0.265 e. The molecule has 3 rings (SSSR count). The monoisotopic (exact) mass is 357 g/mol. The van der Waals surface area contributed by atoms with Crippen LogP contribution in [0.5, 0.6) is 0 Å². The summed E-state index contributed by atoms with van der Waals surface area (Å²) >= 11 is 1.20. The van der Waals surface area contributed by atoms with Gasteiger partial charge in [0.2, 0.25) is 0 Å². The Labute approximate surface area is 151 Å². The summed E-state index contributed by atoms with van der Waals surface area (Å²) in [6.07, 6.45) is 6.91. The normalized spacial score (nSPS) is 15.4. The number of para-hydroxylation sites is 2. The molecule has 1 heterocycles. The van der Waals surface area contributed by atoms with Gasteiger partial charge in [-0.2, -0.15) is 0 Å². The molecule has 1 fully saturated rings. The van der Waals surface area contributed by atoms with Crippen LogP contribution in [0.3, 0.4) is 0 Å². The predicted octanol–water partition coefficient (Wildman–Crippen LogP) is 4.04. The maximum atomic E-state index is 12.4. The van der Waals surface area contributed by atoms with Gasteiger partial charge in [0.15, 0.2) is 0 Å². The molecule has 0 spiro atoms. The van der Waals surface area contributed by atoms with E-state index in [0.717, 1.165) is 12.8 Å². The van der Waals surface area contributed by atoms with E-state index in [1.54, 1.807) is 24.3 Å². The van der Waals surface area contributed by atoms with Crippen LogP contribution in [0, 0.1) is 0 Å². The molecule has 0 saturated heterocycles. The van der Waals surface area contributed by atoms with Crippen molar-refractivity contribution in [2.75, 3.05) is 11.1 Å². The minimum Gasteiger partial charge on any atom is -0.397 e. The van der Waals surface area contributed by atoms with Crippen molar-refractivity contribution in [3.05, 3.63) is 46.2 Å². The van der Waals surface area contributed by atoms with E-state index in [9.17, 15) is 9.59 Å². The van der Waals surface area contributed by atoms with E-state index in [2.05, 4.69) is 10.6 Å². The van der Waals surface area contributed by atoms with Gasteiger partial charge in [0.05, 0.1) is 21.1 Å². The maximum Gasteiger partial charge on any atom is 0.265 e. The minimum absolute atomic E-state index is 0.0878. The molecule has 1 aromatic heterocycles. The van der Waals surface area contributed by atoms with Crippen molar-refractivity contribution in [1.29, 1.82) is 0 Å². The number of carbonyl (C=O) groups is 2. The summed E-state index contributed by atoms with van der Waals surface area (Å²) in [5, 5.41) is 5.89. The highest BCUT2D eigenvalue weighted by Crippen LogP contribution is 2.22. The molecule has 1 saturated carbocycles. The topological polar surface area (TPSA) is 84.2 Å². The first-order chi connectivity index (χ1) is 12.1. The largest absolute Gasteiger partial charge is 0.397 e. The Balaban J connectivity index is 1.62. The first kappa shape index (κ1) is 17.5. The lowest BCUT2D eigenvalue weighted by molar-refractivity contribution is 0.0937. The van der Waals surface area contributed by atoms with Crippen molar-refractivity contribution < 1.29 is 9.59 Å². The number of carbonyl (C=O) groups excluding carboxylic acids is 2. The first-order valence-electron chi connectivity index (χ1n) is 8.70. The summed E-state index contributed by atoms with van der Waals surface area (Å²) in [4.78, 5) is 25.8. The third kappa shape index (κ3) is 4.60. The molecule has 0 unspecified atom stereocenters. The van der Waals surface area contributed by atoms with Crippen LogP contribution >= 0.6 is 11.3 Å². The van der Waals surface area contributed by atoms with Crippen LogP contribution in [0.2, 0.25) is 0 Å². The van der Waals surface area contributed by atoms with E-state index in [1.165, 1.54) is 37.0 Å². The van der Waals surface area contributed by atoms with Crippen LogP contribution in [-0.2, 0) is 0 Å². The molecule has 25 heavy (non-hydrogen) atoms. The molecule has 2 amide bonds. The van der Waals surface area contributed by atoms with Crippen LogP contribution in [0.15, 0.2) is 36.4 Å². The minimum atomic E-state index is -0.253. The quantitative estimate of drug-likeness (QED) is 0.570. The van der Waals surface area contributed by atoms with E-state index in [4.69, 9.17) is 5.73 Å². The van der Waals surface area contributed by atoms with E-state index in [1.807, 2.05) is 12.1 Å². The molecule has 1 aliphatic rings. The fourth-order valence-corrected chi connectivity index (χ4v) is 3.86. The highest BCUT2D eigenvalue weighted by molar-refractivity contribution is 7.16. The standard InChI is InChI=1S/C19H23N3O2S/c20-14-9-5-6-10-15(14)22-19(24)17-12-11-16(25-17)18(23)21-13-7-3-1-2-4-8-13/h5-6,9-13H,1-4,7-8,20H2,(H,21,23)(H,22,24). The second-order valence-corrected chi connectivity index (χ2v) is 7.45. The maximum absolute atomic E-state index is 12.4. The molecule has 4 N–H and O–H groups in total. The van der Waals surface area contributed by atoms with Gasteiger partial charge in [-0.05, 0) is 37.1 Å². The number of hydrogen-bond acceptors (Lipinski definition) is 4. The number of anilines is 2. The Morgan fingerprint density at radius 1 is 0.920 bits per heavy atom. The van der Waals surface area contributed by atoms with Gasteiger partial charge >= 0.3 is 0 Å². The van der Waals surface area contributed by atoms with Crippen molar-refractivity contribution >= 4 is 34.5 Å². The average Bonchev–Trinajstić information content (AvgIpc) is 2.97. The number of thiophene rings is 1. The Morgan fingerprint density at radius 2 is 1.56 bits per heavy atom. The first-order valence-corrected chi connectivity index (χ1v) is 9.51. The molecule has 5 nitrogen and oxygen atoms in total. The second-order valence-electron chi connectivity index (χ2n) is 6.37. The number of rotatable bonds is 4. The lowest BCUT2D eigenvalue weighted by Crippen LogP contribution is -2.33. The molecule has 132 valence electrons. The van der Waals surface area contributed by atoms with E-state index < -0.39 is 0 Å². The molecule has 6 heteroatoms. The number of nitrogen functional groups attached to an aromatic ring is 1. The van der Waals surface area contributed by atoms with Crippen LogP contribution in [-0.4, -0.2) is 17.9 Å². The number of amides is 2. The van der Waals surface area contributed by atoms with Crippen LogP contribution in [0.1, 0.15) is 57.9 Å². The van der Waals surface area contributed by atoms with Gasteiger partial charge in [0.25, 0.3) is 11.8 Å². The molecule has 0 bridgehead atoms. The third-order valence-electron chi connectivity index (χ3n) is 4.45. The number of hydrogen-bond donors (Lipinski definition) is 3. The third-order valence-corrected chi connectivity index (χ3v) is 5.54. The summed E-state index contributed by atoms with van der Waals surface area (Å²) in [6, 6.07) is 10.7. The zero-order chi connectivity index (χ0) is 17.6. The SMILES string of the molecule is Nc1ccccc1NC(=O)c1ccc(C(=O)NC2CCCCCC2)s1. The van der Waals surface area contributed by atoms with Crippen molar-refractivity contribution in [2.24, 2.45) is 0 Å². The van der Waals surface area contributed by atoms with Crippen molar-refractivity contribution in [3.63, 3.8) is 0 Å². The van der Waals surface area contributed by atoms with Crippen LogP contribution in [0.4, 0.5) is 11.4 Å². The molecule has 1 aromatic carbocycles. The number of nitrogens with one attached hydrogen (secondary N) is 2. The highest BCUT2D eigenvalue weighted by atomic mass is 32.1. The van der Waals surface area contributed by atoms with Crippen molar-refractivity contribution in [1.82, 2.24) is 5.32 Å². The summed E-state index contributed by atoms with van der Waals surface area (Å²) < 4.78 is 0. The van der Waals surface area contributed by atoms with Gasteiger partial charge in [-0.15, -0.1) is 11.3 Å². The van der Waals surface area contributed by atoms with Gasteiger partial charge < -0.3 is 16.4 Å². The molecule has 0 aliphatic heterocycles. The second kappa shape index (κ2) is 8.16. The highest BCUT2D eigenvalue weighted by Gasteiger charge is 2.18. The number of nitrogens with two attached hydrogens (primary N) is 1. The van der Waals surface area contributed by atoms with Gasteiger partial charge in [-0.1, -0.05) is 37.8 Å². The summed E-state index contributed by atoms with van der Waals surface area (Å²) in [7, 11) is 0. The summed E-state index contributed by atoms with van der Waals surface area (Å²) in [5.41, 5.74) is 6.93. The lowest BCUT2D eigenvalue weighted by atomic mass is 10.1. The zero-order valence-corrected chi connectivity index (χ0v) is 14.9. The zero-order valence-electron chi connectivity index (χ0n) is 14.1. The van der Waals surface area contributed by atoms with E-state index >= 15 is 0 Å². The van der Waals surface area contributed by atoms with E-state index in [0.29, 0.717) is 21.1 Å². The summed E-state index contributed by atoms with van der Waals surface area (Å²) in [5.74, 6) is -0.341. The lowest BCUT2D eigenvalue weighted by Gasteiger charge is -2.15. The Kier molecular flexibility index (Phi) is 5.71. The Morgan fingerprint density at radius 3 is 2.24 bits per heavy atom. The molecular formula is C19H23N3O2S. The number of benzene rings is 1. The molecular weight excluding hydrogens is 334 g/mol. The fraction of sp³-hybridized carbons (Fsp3) is 0.368. The van der Waals surface area contributed by atoms with Crippen molar-refractivity contribution in [2.45, 2.75) is 44.6 Å². The van der Waals surface area contributed by atoms with E-state index in [-0.39, 0.29) is 17.9 Å².